The topological polar surface area (TPSA) is 91.3 Å². The van der Waals surface area contributed by atoms with E-state index in [4.69, 9.17) is 5.11 Å². The first-order valence-electron chi connectivity index (χ1n) is 6.31. The van der Waals surface area contributed by atoms with Gasteiger partial charge in [-0.1, -0.05) is 13.3 Å². The lowest BCUT2D eigenvalue weighted by molar-refractivity contribution is -0.119. The summed E-state index contributed by atoms with van der Waals surface area (Å²) in [5.41, 5.74) is 0.887. The van der Waals surface area contributed by atoms with Gasteiger partial charge in [0.25, 0.3) is 0 Å². The monoisotopic (exact) mass is 265 g/mol. The summed E-state index contributed by atoms with van der Waals surface area (Å²) in [5, 5.41) is 14.5. The molecule has 0 atom stereocenters. The highest BCUT2D eigenvalue weighted by molar-refractivity contribution is 5.89. The summed E-state index contributed by atoms with van der Waals surface area (Å²) in [6.07, 6.45) is 1.59. The summed E-state index contributed by atoms with van der Waals surface area (Å²) >= 11 is 0. The van der Waals surface area contributed by atoms with Gasteiger partial charge in [0.2, 0.25) is 5.91 Å². The third-order valence-electron chi connectivity index (χ3n) is 2.44. The first-order chi connectivity index (χ1) is 9.06. The summed E-state index contributed by atoms with van der Waals surface area (Å²) in [4.78, 5) is 26.6. The van der Waals surface area contributed by atoms with Gasteiger partial charge >= 0.3 is 5.97 Å². The number of nitrogens with one attached hydrogen (secondary N) is 2. The molecular weight excluding hydrogens is 246 g/mol. The molecule has 1 aromatic heterocycles. The van der Waals surface area contributed by atoms with Crippen molar-refractivity contribution in [2.75, 3.05) is 18.4 Å². The number of aromatic nitrogens is 1. The first kappa shape index (κ1) is 14.9. The Kier molecular flexibility index (Phi) is 5.78. The number of aromatic carboxylic acids is 1. The fraction of sp³-hybridized carbons (Fsp3) is 0.462. The van der Waals surface area contributed by atoms with Crippen LogP contribution in [-0.4, -0.2) is 35.1 Å². The summed E-state index contributed by atoms with van der Waals surface area (Å²) in [7, 11) is 0. The van der Waals surface area contributed by atoms with Gasteiger partial charge in [-0.3, -0.25) is 4.79 Å². The smallest absolute Gasteiger partial charge is 0.335 e. The molecule has 3 N–H and O–H groups in total. The van der Waals surface area contributed by atoms with Gasteiger partial charge in [-0.05, 0) is 25.5 Å². The summed E-state index contributed by atoms with van der Waals surface area (Å²) < 4.78 is 0. The van der Waals surface area contributed by atoms with E-state index in [1.54, 1.807) is 6.07 Å². The van der Waals surface area contributed by atoms with Crippen molar-refractivity contribution >= 4 is 17.7 Å². The number of amides is 1. The Morgan fingerprint density at radius 1 is 1.32 bits per heavy atom. The normalized spacial score (nSPS) is 10.0. The number of rotatable bonds is 7. The molecule has 0 unspecified atom stereocenters. The second kappa shape index (κ2) is 7.35. The van der Waals surface area contributed by atoms with Crippen molar-refractivity contribution in [3.63, 3.8) is 0 Å². The van der Waals surface area contributed by atoms with Gasteiger partial charge in [-0.15, -0.1) is 0 Å². The van der Waals surface area contributed by atoms with Gasteiger partial charge in [0.05, 0.1) is 12.1 Å². The van der Waals surface area contributed by atoms with Crippen molar-refractivity contribution < 1.29 is 14.7 Å². The number of pyridine rings is 1. The Bertz CT molecular complexity index is 460. The second-order valence-corrected chi connectivity index (χ2v) is 4.09. The number of carboxylic acids is 1. The van der Waals surface area contributed by atoms with E-state index in [1.807, 2.05) is 13.8 Å². The quantitative estimate of drug-likeness (QED) is 0.690. The summed E-state index contributed by atoms with van der Waals surface area (Å²) in [5.74, 6) is -0.738. The van der Waals surface area contributed by atoms with Crippen LogP contribution in [0.15, 0.2) is 12.1 Å². The number of hydrogen-bond acceptors (Lipinski definition) is 4. The molecule has 0 aliphatic heterocycles. The number of anilines is 1. The maximum Gasteiger partial charge on any atom is 0.335 e. The average Bonchev–Trinajstić information content (AvgIpc) is 2.37. The Labute approximate surface area is 112 Å². The lowest BCUT2D eigenvalue weighted by Gasteiger charge is -2.08. The van der Waals surface area contributed by atoms with Crippen LogP contribution in [0.3, 0.4) is 0 Å². The van der Waals surface area contributed by atoms with Crippen molar-refractivity contribution in [1.82, 2.24) is 10.3 Å². The van der Waals surface area contributed by atoms with Crippen LogP contribution in [0.5, 0.6) is 0 Å². The molecule has 104 valence electrons. The Hall–Kier alpha value is -2.11. The van der Waals surface area contributed by atoms with E-state index in [0.29, 0.717) is 24.5 Å². The molecule has 0 bridgehead atoms. The van der Waals surface area contributed by atoms with E-state index >= 15 is 0 Å². The maximum absolute atomic E-state index is 11.3. The number of likely N-dealkylation sites (N-methyl/N-ethyl adjacent to an activating group) is 1. The minimum absolute atomic E-state index is 0.0788. The molecule has 1 rings (SSSR count). The summed E-state index contributed by atoms with van der Waals surface area (Å²) in [6, 6.07) is 2.99. The van der Waals surface area contributed by atoms with Gasteiger partial charge < -0.3 is 15.7 Å². The minimum Gasteiger partial charge on any atom is -0.478 e. The molecule has 1 amide bonds. The zero-order valence-electron chi connectivity index (χ0n) is 11.2. The molecule has 1 heterocycles. The fourth-order valence-corrected chi connectivity index (χ4v) is 1.62. The standard InChI is InChI=1S/C13H19N3O3/c1-3-5-10-6-9(13(18)19)7-11(16-10)15-8-12(17)14-4-2/h6-7H,3-5,8H2,1-2H3,(H,14,17)(H,15,16)(H,18,19). The maximum atomic E-state index is 11.3. The van der Waals surface area contributed by atoms with Crippen molar-refractivity contribution in [3.8, 4) is 0 Å². The number of carbonyl (C=O) groups excluding carboxylic acids is 1. The van der Waals surface area contributed by atoms with E-state index in [9.17, 15) is 9.59 Å². The molecule has 6 heteroatoms. The molecule has 19 heavy (non-hydrogen) atoms. The third-order valence-corrected chi connectivity index (χ3v) is 2.44. The highest BCUT2D eigenvalue weighted by atomic mass is 16.4. The van der Waals surface area contributed by atoms with Gasteiger partial charge in [0.15, 0.2) is 0 Å². The number of nitrogens with zero attached hydrogens (tertiary/aromatic N) is 1. The minimum atomic E-state index is -0.999. The first-order valence-corrected chi connectivity index (χ1v) is 6.31. The largest absolute Gasteiger partial charge is 0.478 e. The molecule has 0 saturated carbocycles. The van der Waals surface area contributed by atoms with E-state index < -0.39 is 5.97 Å². The molecular formula is C13H19N3O3. The molecule has 0 aliphatic carbocycles. The number of carbonyl (C=O) groups is 2. The van der Waals surface area contributed by atoms with Crippen LogP contribution in [0.25, 0.3) is 0 Å². The van der Waals surface area contributed by atoms with Crippen LogP contribution < -0.4 is 10.6 Å². The lowest BCUT2D eigenvalue weighted by atomic mass is 10.1. The SMILES string of the molecule is CCCc1cc(C(=O)O)cc(NCC(=O)NCC)n1. The fourth-order valence-electron chi connectivity index (χ4n) is 1.62. The highest BCUT2D eigenvalue weighted by Gasteiger charge is 2.09. The van der Waals surface area contributed by atoms with Crippen LogP contribution >= 0.6 is 0 Å². The van der Waals surface area contributed by atoms with Gasteiger partial charge in [-0.25, -0.2) is 9.78 Å². The van der Waals surface area contributed by atoms with Crippen LogP contribution in [0, 0.1) is 0 Å². The van der Waals surface area contributed by atoms with Crippen molar-refractivity contribution in [2.45, 2.75) is 26.7 Å². The molecule has 6 nitrogen and oxygen atoms in total. The van der Waals surface area contributed by atoms with Gasteiger partial charge in [-0.2, -0.15) is 0 Å². The Morgan fingerprint density at radius 3 is 2.63 bits per heavy atom. The lowest BCUT2D eigenvalue weighted by Crippen LogP contribution is -2.29. The zero-order valence-corrected chi connectivity index (χ0v) is 11.2. The third kappa shape index (κ3) is 4.95. The van der Waals surface area contributed by atoms with Crippen molar-refractivity contribution in [1.29, 1.82) is 0 Å². The number of hydrogen-bond donors (Lipinski definition) is 3. The average molecular weight is 265 g/mol. The molecule has 1 aromatic rings. The van der Waals surface area contributed by atoms with Crippen molar-refractivity contribution in [3.05, 3.63) is 23.4 Å². The van der Waals surface area contributed by atoms with Crippen LogP contribution in [0.2, 0.25) is 0 Å². The van der Waals surface area contributed by atoms with E-state index in [-0.39, 0.29) is 18.0 Å². The predicted molar refractivity (Wildman–Crippen MR) is 72.4 cm³/mol. The Morgan fingerprint density at radius 2 is 2.05 bits per heavy atom. The van der Waals surface area contributed by atoms with Crippen LogP contribution in [0.4, 0.5) is 5.82 Å². The van der Waals surface area contributed by atoms with Crippen LogP contribution in [0.1, 0.15) is 36.3 Å². The van der Waals surface area contributed by atoms with Gasteiger partial charge in [0.1, 0.15) is 5.82 Å². The van der Waals surface area contributed by atoms with E-state index in [2.05, 4.69) is 15.6 Å². The van der Waals surface area contributed by atoms with Crippen molar-refractivity contribution in [2.24, 2.45) is 0 Å². The predicted octanol–water partition coefficient (Wildman–Crippen LogP) is 1.28. The second-order valence-electron chi connectivity index (χ2n) is 4.09. The highest BCUT2D eigenvalue weighted by Crippen LogP contribution is 2.12. The van der Waals surface area contributed by atoms with E-state index in [1.165, 1.54) is 6.07 Å². The van der Waals surface area contributed by atoms with E-state index in [0.717, 1.165) is 6.42 Å². The molecule has 0 saturated heterocycles. The molecule has 0 spiro atoms. The zero-order chi connectivity index (χ0) is 14.3. The molecule has 0 aliphatic rings. The molecule has 0 fully saturated rings. The van der Waals surface area contributed by atoms with Crippen LogP contribution in [-0.2, 0) is 11.2 Å². The molecule has 0 aromatic carbocycles. The Balaban J connectivity index is 2.81. The van der Waals surface area contributed by atoms with Gasteiger partial charge in [0, 0.05) is 12.2 Å². The number of carboxylic acid groups (broad SMARTS) is 1. The summed E-state index contributed by atoms with van der Waals surface area (Å²) in [6.45, 7) is 4.47. The number of aryl methyl sites for hydroxylation is 1. The molecule has 0 radical (unpaired) electrons.